The Morgan fingerprint density at radius 3 is 2.86 bits per heavy atom. The second-order valence-electron chi connectivity index (χ2n) is 3.49. The number of hydrogen-bond acceptors (Lipinski definition) is 3. The molecule has 0 amide bonds. The van der Waals surface area contributed by atoms with Crippen molar-refractivity contribution in [2.45, 2.75) is 30.4 Å². The first-order valence-corrected chi connectivity index (χ1v) is 6.09. The van der Waals surface area contributed by atoms with E-state index in [2.05, 4.69) is 24.5 Å². The van der Waals surface area contributed by atoms with Gasteiger partial charge in [-0.3, -0.25) is 0 Å². The maximum Gasteiger partial charge on any atom is 0.125 e. The van der Waals surface area contributed by atoms with Gasteiger partial charge < -0.3 is 10.5 Å². The van der Waals surface area contributed by atoms with Crippen LogP contribution in [0.2, 0.25) is 0 Å². The zero-order chi connectivity index (χ0) is 9.97. The molecule has 1 aliphatic rings. The molecule has 0 aliphatic heterocycles. The van der Waals surface area contributed by atoms with Gasteiger partial charge in [0.15, 0.2) is 0 Å². The highest BCUT2D eigenvalue weighted by Crippen LogP contribution is 2.31. The summed E-state index contributed by atoms with van der Waals surface area (Å²) in [5.74, 6) is 0.974. The molecule has 2 N–H and O–H groups in total. The summed E-state index contributed by atoms with van der Waals surface area (Å²) in [6, 6.07) is 6.24. The second kappa shape index (κ2) is 4.24. The zero-order valence-electron chi connectivity index (χ0n) is 8.32. The van der Waals surface area contributed by atoms with Crippen molar-refractivity contribution in [3.63, 3.8) is 0 Å². The van der Waals surface area contributed by atoms with Gasteiger partial charge in [-0.1, -0.05) is 6.07 Å². The average molecular weight is 209 g/mol. The van der Waals surface area contributed by atoms with Gasteiger partial charge in [0.25, 0.3) is 0 Å². The lowest BCUT2D eigenvalue weighted by Crippen LogP contribution is -2.03. The topological polar surface area (TPSA) is 35.2 Å². The van der Waals surface area contributed by atoms with E-state index in [1.54, 1.807) is 11.8 Å². The summed E-state index contributed by atoms with van der Waals surface area (Å²) in [7, 11) is 0. The maximum absolute atomic E-state index is 5.80. The van der Waals surface area contributed by atoms with Gasteiger partial charge in [-0.15, -0.1) is 11.8 Å². The first kappa shape index (κ1) is 9.87. The van der Waals surface area contributed by atoms with Crippen molar-refractivity contribution in [1.82, 2.24) is 0 Å². The summed E-state index contributed by atoms with van der Waals surface area (Å²) in [4.78, 5) is 1.23. The van der Waals surface area contributed by atoms with Gasteiger partial charge in [0.1, 0.15) is 5.75 Å². The van der Waals surface area contributed by atoms with Crippen LogP contribution in [0.15, 0.2) is 23.1 Å². The fraction of sp³-hybridized carbons (Fsp3) is 0.455. The van der Waals surface area contributed by atoms with E-state index in [1.165, 1.54) is 17.7 Å². The van der Waals surface area contributed by atoms with Crippen molar-refractivity contribution in [3.8, 4) is 5.75 Å². The van der Waals surface area contributed by atoms with Gasteiger partial charge in [0, 0.05) is 17.0 Å². The zero-order valence-corrected chi connectivity index (χ0v) is 9.14. The fourth-order valence-electron chi connectivity index (χ4n) is 1.31. The number of rotatable bonds is 4. The highest BCUT2D eigenvalue weighted by Gasteiger charge is 2.24. The van der Waals surface area contributed by atoms with E-state index in [0.29, 0.717) is 12.6 Å². The standard InChI is InChI=1S/C11H15NOS/c1-14-10-5-2-8(7-12)11(6-10)13-9-3-4-9/h2,5-6,9H,3-4,7,12H2,1H3. The first-order valence-electron chi connectivity index (χ1n) is 4.87. The van der Waals surface area contributed by atoms with Gasteiger partial charge in [0.05, 0.1) is 6.10 Å². The van der Waals surface area contributed by atoms with Crippen LogP contribution < -0.4 is 10.5 Å². The van der Waals surface area contributed by atoms with E-state index >= 15 is 0 Å². The molecule has 1 aromatic rings. The molecule has 0 bridgehead atoms. The largest absolute Gasteiger partial charge is 0.490 e. The minimum absolute atomic E-state index is 0.442. The van der Waals surface area contributed by atoms with Crippen LogP contribution in [-0.4, -0.2) is 12.4 Å². The molecule has 2 nitrogen and oxygen atoms in total. The third-order valence-corrected chi connectivity index (χ3v) is 3.04. The van der Waals surface area contributed by atoms with Crippen LogP contribution >= 0.6 is 11.8 Å². The molecule has 0 aromatic heterocycles. The molecule has 0 heterocycles. The van der Waals surface area contributed by atoms with Gasteiger partial charge in [-0.2, -0.15) is 0 Å². The van der Waals surface area contributed by atoms with Crippen LogP contribution in [0.5, 0.6) is 5.75 Å². The highest BCUT2D eigenvalue weighted by atomic mass is 32.2. The van der Waals surface area contributed by atoms with Crippen molar-refractivity contribution >= 4 is 11.8 Å². The Morgan fingerprint density at radius 1 is 1.50 bits per heavy atom. The summed E-state index contributed by atoms with van der Waals surface area (Å²) < 4.78 is 5.80. The van der Waals surface area contributed by atoms with Gasteiger partial charge in [-0.25, -0.2) is 0 Å². The molecule has 0 unspecified atom stereocenters. The predicted octanol–water partition coefficient (Wildman–Crippen LogP) is 2.41. The van der Waals surface area contributed by atoms with E-state index in [-0.39, 0.29) is 0 Å². The lowest BCUT2D eigenvalue weighted by atomic mass is 10.2. The van der Waals surface area contributed by atoms with Crippen LogP contribution in [0.4, 0.5) is 0 Å². The second-order valence-corrected chi connectivity index (χ2v) is 4.37. The molecule has 0 spiro atoms. The van der Waals surface area contributed by atoms with Crippen LogP contribution in [0.3, 0.4) is 0 Å². The number of hydrogen-bond donors (Lipinski definition) is 1. The van der Waals surface area contributed by atoms with E-state index in [4.69, 9.17) is 10.5 Å². The van der Waals surface area contributed by atoms with Crippen LogP contribution in [0.25, 0.3) is 0 Å². The predicted molar refractivity (Wildman–Crippen MR) is 59.8 cm³/mol. The Labute approximate surface area is 88.8 Å². The van der Waals surface area contributed by atoms with Crippen molar-refractivity contribution in [3.05, 3.63) is 23.8 Å². The number of ether oxygens (including phenoxy) is 1. The molecule has 14 heavy (non-hydrogen) atoms. The van der Waals surface area contributed by atoms with Crippen LogP contribution in [0.1, 0.15) is 18.4 Å². The quantitative estimate of drug-likeness (QED) is 0.773. The van der Waals surface area contributed by atoms with E-state index in [1.807, 2.05) is 0 Å². The van der Waals surface area contributed by atoms with Crippen molar-refractivity contribution in [2.75, 3.05) is 6.26 Å². The van der Waals surface area contributed by atoms with Crippen LogP contribution in [-0.2, 0) is 6.54 Å². The molecular formula is C11H15NOS. The van der Waals surface area contributed by atoms with Gasteiger partial charge in [0.2, 0.25) is 0 Å². The van der Waals surface area contributed by atoms with Crippen molar-refractivity contribution in [2.24, 2.45) is 5.73 Å². The Bertz CT molecular complexity index is 323. The van der Waals surface area contributed by atoms with Crippen LogP contribution in [0, 0.1) is 0 Å². The van der Waals surface area contributed by atoms with E-state index in [0.717, 1.165) is 11.3 Å². The third-order valence-electron chi connectivity index (χ3n) is 2.31. The lowest BCUT2D eigenvalue weighted by molar-refractivity contribution is 0.299. The molecule has 0 radical (unpaired) electrons. The normalized spacial score (nSPS) is 15.6. The Morgan fingerprint density at radius 2 is 2.29 bits per heavy atom. The summed E-state index contributed by atoms with van der Waals surface area (Å²) in [6.07, 6.45) is 4.89. The average Bonchev–Trinajstić information content (AvgIpc) is 3.01. The van der Waals surface area contributed by atoms with Crippen molar-refractivity contribution < 1.29 is 4.74 Å². The smallest absolute Gasteiger partial charge is 0.125 e. The molecule has 1 aliphatic carbocycles. The number of thioether (sulfide) groups is 1. The summed E-state index contributed by atoms with van der Waals surface area (Å²) in [5, 5.41) is 0. The van der Waals surface area contributed by atoms with E-state index < -0.39 is 0 Å². The first-order chi connectivity index (χ1) is 6.83. The summed E-state index contributed by atoms with van der Waals surface area (Å²) in [6.45, 7) is 0.552. The SMILES string of the molecule is CSc1ccc(CN)c(OC2CC2)c1. The Hall–Kier alpha value is -0.670. The number of benzene rings is 1. The molecule has 0 saturated heterocycles. The Balaban J connectivity index is 2.21. The third kappa shape index (κ3) is 2.22. The lowest BCUT2D eigenvalue weighted by Gasteiger charge is -2.10. The number of nitrogens with two attached hydrogens (primary N) is 1. The minimum Gasteiger partial charge on any atom is -0.490 e. The summed E-state index contributed by atoms with van der Waals surface area (Å²) >= 11 is 1.73. The minimum atomic E-state index is 0.442. The molecule has 3 heteroatoms. The summed E-state index contributed by atoms with van der Waals surface area (Å²) in [5.41, 5.74) is 6.76. The van der Waals surface area contributed by atoms with Gasteiger partial charge >= 0.3 is 0 Å². The fourth-order valence-corrected chi connectivity index (χ4v) is 1.73. The molecular weight excluding hydrogens is 194 g/mol. The molecule has 0 atom stereocenters. The highest BCUT2D eigenvalue weighted by molar-refractivity contribution is 7.98. The van der Waals surface area contributed by atoms with Crippen molar-refractivity contribution in [1.29, 1.82) is 0 Å². The molecule has 1 fully saturated rings. The Kier molecular flexibility index (Phi) is 2.99. The molecule has 1 saturated carbocycles. The van der Waals surface area contributed by atoms with Gasteiger partial charge in [-0.05, 0) is 31.2 Å². The molecule has 76 valence electrons. The van der Waals surface area contributed by atoms with E-state index in [9.17, 15) is 0 Å². The monoisotopic (exact) mass is 209 g/mol. The molecule has 1 aromatic carbocycles. The maximum atomic E-state index is 5.80. The molecule has 2 rings (SSSR count).